The lowest BCUT2D eigenvalue weighted by molar-refractivity contribution is -0.121. The van der Waals surface area contributed by atoms with Gasteiger partial charge in [0.15, 0.2) is 0 Å². The number of carbonyl (C=O) groups is 2. The van der Waals surface area contributed by atoms with Crippen LogP contribution < -0.4 is 21.3 Å². The van der Waals surface area contributed by atoms with Gasteiger partial charge in [0.05, 0.1) is 5.69 Å². The molecule has 4 N–H and O–H groups in total. The van der Waals surface area contributed by atoms with E-state index in [2.05, 4.69) is 20.6 Å². The molecular weight excluding hydrogens is 476 g/mol. The van der Waals surface area contributed by atoms with Gasteiger partial charge in [-0.05, 0) is 67.8 Å². The average molecular weight is 509 g/mol. The third-order valence-electron chi connectivity index (χ3n) is 6.49. The Morgan fingerprint density at radius 1 is 0.947 bits per heavy atom. The quantitative estimate of drug-likeness (QED) is 0.271. The van der Waals surface area contributed by atoms with Crippen LogP contribution in [-0.4, -0.2) is 28.8 Å². The zero-order chi connectivity index (χ0) is 27.1. The second kappa shape index (κ2) is 12.0. The minimum atomic E-state index is -0.311. The summed E-state index contributed by atoms with van der Waals surface area (Å²) in [6, 6.07) is 24.3. The molecule has 0 bridgehead atoms. The molecule has 0 aliphatic rings. The number of hydrogen-bond acceptors (Lipinski definition) is 6. The third-order valence-corrected chi connectivity index (χ3v) is 6.49. The lowest BCUT2D eigenvalue weighted by Crippen LogP contribution is -2.34. The molecule has 0 aliphatic heterocycles. The van der Waals surface area contributed by atoms with Crippen LogP contribution in [0.15, 0.2) is 85.2 Å². The van der Waals surface area contributed by atoms with Gasteiger partial charge in [0.25, 0.3) is 5.91 Å². The minimum Gasteiger partial charge on any atom is -0.388 e. The highest BCUT2D eigenvalue weighted by molar-refractivity contribution is 6.04. The maximum absolute atomic E-state index is 14.1. The van der Waals surface area contributed by atoms with Crippen molar-refractivity contribution in [1.29, 1.82) is 0 Å². The number of amides is 2. The Morgan fingerprint density at radius 2 is 1.68 bits per heavy atom. The smallest absolute Gasteiger partial charge is 0.255 e. The monoisotopic (exact) mass is 508 g/mol. The van der Waals surface area contributed by atoms with Crippen LogP contribution in [0.3, 0.4) is 0 Å². The van der Waals surface area contributed by atoms with Crippen LogP contribution in [0.4, 0.5) is 28.7 Å². The molecule has 1 heterocycles. The second-order valence-electron chi connectivity index (χ2n) is 9.01. The van der Waals surface area contributed by atoms with Gasteiger partial charge < -0.3 is 16.4 Å². The topological polar surface area (TPSA) is 113 Å². The summed E-state index contributed by atoms with van der Waals surface area (Å²) in [5.74, 6) is 0.239. The van der Waals surface area contributed by atoms with Crippen molar-refractivity contribution in [2.24, 2.45) is 5.92 Å². The largest absolute Gasteiger partial charge is 0.388 e. The first-order valence-corrected chi connectivity index (χ1v) is 12.6. The third kappa shape index (κ3) is 5.98. The van der Waals surface area contributed by atoms with Crippen molar-refractivity contribution in [3.8, 4) is 0 Å². The predicted molar refractivity (Wildman–Crippen MR) is 153 cm³/mol. The van der Waals surface area contributed by atoms with Crippen LogP contribution in [0, 0.1) is 12.8 Å². The Labute approximate surface area is 222 Å². The molecule has 4 aromatic rings. The maximum atomic E-state index is 14.1. The summed E-state index contributed by atoms with van der Waals surface area (Å²) in [6.45, 7) is 3.82. The molecule has 1 unspecified atom stereocenters. The van der Waals surface area contributed by atoms with Crippen LogP contribution in [0.5, 0.6) is 0 Å². The first-order valence-electron chi connectivity index (χ1n) is 12.6. The Morgan fingerprint density at radius 3 is 2.37 bits per heavy atom. The number of benzene rings is 3. The highest BCUT2D eigenvalue weighted by atomic mass is 16.2. The van der Waals surface area contributed by atoms with Gasteiger partial charge in [-0.1, -0.05) is 43.3 Å². The summed E-state index contributed by atoms with van der Waals surface area (Å²) in [5.41, 5.74) is 10.6. The average Bonchev–Trinajstić information content (AvgIpc) is 2.95. The molecule has 2 amide bonds. The number of nitrogens with one attached hydrogen (secondary N) is 2. The van der Waals surface area contributed by atoms with Crippen molar-refractivity contribution in [2.45, 2.75) is 26.7 Å². The van der Waals surface area contributed by atoms with Gasteiger partial charge in [0, 0.05) is 35.5 Å². The number of nitrogens with two attached hydrogens (primary N) is 1. The molecule has 0 saturated heterocycles. The summed E-state index contributed by atoms with van der Waals surface area (Å²) in [4.78, 5) is 36.7. The molecule has 1 aromatic heterocycles. The van der Waals surface area contributed by atoms with E-state index in [4.69, 9.17) is 5.73 Å². The number of nitrogen functional groups attached to an aromatic ring is 1. The summed E-state index contributed by atoms with van der Waals surface area (Å²) < 4.78 is 0. The van der Waals surface area contributed by atoms with E-state index in [1.54, 1.807) is 17.0 Å². The molecule has 0 aliphatic carbocycles. The highest BCUT2D eigenvalue weighted by Gasteiger charge is 2.28. The van der Waals surface area contributed by atoms with E-state index < -0.39 is 0 Å². The Balaban J connectivity index is 1.57. The van der Waals surface area contributed by atoms with Gasteiger partial charge in [-0.2, -0.15) is 0 Å². The zero-order valence-corrected chi connectivity index (χ0v) is 21.8. The zero-order valence-electron chi connectivity index (χ0n) is 21.8. The van der Waals surface area contributed by atoms with E-state index in [1.165, 1.54) is 6.33 Å². The molecule has 1 atom stereocenters. The van der Waals surface area contributed by atoms with Gasteiger partial charge >= 0.3 is 0 Å². The summed E-state index contributed by atoms with van der Waals surface area (Å²) >= 11 is 0. The standard InChI is InChI=1S/C30H32N6O2/c1-4-22(17-21-13-15-24(16-14-21)35-29(37)23-9-6-5-7-10-23)30(38)36(26-12-8-11-25(18-26)32-3)28-20(2)27(31)33-19-34-28/h5-16,18-19,22,32H,4,17H2,1-3H3,(H,35,37)(H2,31,33,34). The normalized spacial score (nSPS) is 11.4. The Bertz CT molecular complexity index is 1410. The number of rotatable bonds is 9. The fraction of sp³-hybridized carbons (Fsp3) is 0.200. The number of nitrogens with zero attached hydrogens (tertiary/aromatic N) is 3. The maximum Gasteiger partial charge on any atom is 0.255 e. The summed E-state index contributed by atoms with van der Waals surface area (Å²) in [6.07, 6.45) is 2.54. The molecule has 38 heavy (non-hydrogen) atoms. The number of carbonyl (C=O) groups excluding carboxylic acids is 2. The number of aromatic nitrogens is 2. The SMILES string of the molecule is CCC(Cc1ccc(NC(=O)c2ccccc2)cc1)C(=O)N(c1cccc(NC)c1)c1ncnc(N)c1C. The van der Waals surface area contributed by atoms with Crippen molar-refractivity contribution >= 4 is 40.5 Å². The Hall–Kier alpha value is -4.72. The second-order valence-corrected chi connectivity index (χ2v) is 9.01. The lowest BCUT2D eigenvalue weighted by atomic mass is 9.94. The van der Waals surface area contributed by atoms with Crippen molar-refractivity contribution in [1.82, 2.24) is 9.97 Å². The fourth-order valence-electron chi connectivity index (χ4n) is 4.22. The molecule has 194 valence electrons. The highest BCUT2D eigenvalue weighted by Crippen LogP contribution is 2.32. The lowest BCUT2D eigenvalue weighted by Gasteiger charge is -2.28. The van der Waals surface area contributed by atoms with Crippen molar-refractivity contribution < 1.29 is 9.59 Å². The van der Waals surface area contributed by atoms with E-state index in [-0.39, 0.29) is 17.7 Å². The van der Waals surface area contributed by atoms with Gasteiger partial charge in [-0.3, -0.25) is 14.5 Å². The molecule has 3 aromatic carbocycles. The van der Waals surface area contributed by atoms with E-state index in [9.17, 15) is 9.59 Å². The van der Waals surface area contributed by atoms with E-state index in [1.807, 2.05) is 87.6 Å². The fourth-order valence-corrected chi connectivity index (χ4v) is 4.22. The first kappa shape index (κ1) is 26.3. The van der Waals surface area contributed by atoms with Gasteiger partial charge in [-0.25, -0.2) is 9.97 Å². The first-order chi connectivity index (χ1) is 18.4. The van der Waals surface area contributed by atoms with Crippen molar-refractivity contribution in [2.75, 3.05) is 28.3 Å². The van der Waals surface area contributed by atoms with E-state index in [0.717, 1.165) is 11.3 Å². The molecule has 0 spiro atoms. The number of anilines is 5. The van der Waals surface area contributed by atoms with Crippen LogP contribution in [0.1, 0.15) is 34.8 Å². The molecule has 0 radical (unpaired) electrons. The molecule has 8 heteroatoms. The molecule has 0 saturated carbocycles. The van der Waals surface area contributed by atoms with Crippen LogP contribution in [-0.2, 0) is 11.2 Å². The number of hydrogen-bond donors (Lipinski definition) is 3. The van der Waals surface area contributed by atoms with E-state index in [0.29, 0.717) is 47.0 Å². The predicted octanol–water partition coefficient (Wildman–Crippen LogP) is 5.59. The van der Waals surface area contributed by atoms with Crippen LogP contribution >= 0.6 is 0 Å². The molecule has 4 rings (SSSR count). The minimum absolute atomic E-state index is 0.0802. The molecule has 0 fully saturated rings. The molecule has 8 nitrogen and oxygen atoms in total. The van der Waals surface area contributed by atoms with Crippen molar-refractivity contribution in [3.05, 3.63) is 102 Å². The Kier molecular flexibility index (Phi) is 8.33. The van der Waals surface area contributed by atoms with Crippen LogP contribution in [0.25, 0.3) is 0 Å². The van der Waals surface area contributed by atoms with E-state index >= 15 is 0 Å². The van der Waals surface area contributed by atoms with Crippen molar-refractivity contribution in [3.63, 3.8) is 0 Å². The molecular formula is C30H32N6O2. The summed E-state index contributed by atoms with van der Waals surface area (Å²) in [5, 5.41) is 6.04. The van der Waals surface area contributed by atoms with Gasteiger partial charge in [-0.15, -0.1) is 0 Å². The van der Waals surface area contributed by atoms with Crippen LogP contribution in [0.2, 0.25) is 0 Å². The summed E-state index contributed by atoms with van der Waals surface area (Å²) in [7, 11) is 1.83. The van der Waals surface area contributed by atoms with Gasteiger partial charge in [0.1, 0.15) is 18.0 Å². The van der Waals surface area contributed by atoms with Gasteiger partial charge in [0.2, 0.25) is 5.91 Å².